The van der Waals surface area contributed by atoms with Gasteiger partial charge in [0.1, 0.15) is 16.7 Å². The van der Waals surface area contributed by atoms with Crippen molar-refractivity contribution >= 4 is 35.1 Å². The van der Waals surface area contributed by atoms with Crippen molar-refractivity contribution in [2.24, 2.45) is 0 Å². The number of nitrogen functional groups attached to an aromatic ring is 1. The number of carbonyl (C=O) groups is 1. The molecule has 1 aromatic heterocycles. The maximum atomic E-state index is 12.9. The standard InChI is InChI=1S/C19H22F3N7OS/c1-28(2)7-8-29(16-14(10-23)17(31-3)27-18(24)26-16)11-15(30)25-13-6-4-5-12(9-13)19(20,21)22/h4-6,9H,7-8,11H2,1-3H3,(H,25,30)(H2,24,26,27). The number of thioether (sulfide) groups is 1. The van der Waals surface area contributed by atoms with Gasteiger partial charge in [0.2, 0.25) is 11.9 Å². The molecule has 0 aliphatic rings. The van der Waals surface area contributed by atoms with Gasteiger partial charge in [-0.25, -0.2) is 4.98 Å². The number of benzene rings is 1. The van der Waals surface area contributed by atoms with Crippen molar-refractivity contribution < 1.29 is 18.0 Å². The van der Waals surface area contributed by atoms with E-state index in [9.17, 15) is 23.2 Å². The molecule has 1 heterocycles. The summed E-state index contributed by atoms with van der Waals surface area (Å²) in [5, 5.41) is 12.4. The molecule has 1 amide bonds. The number of nitriles is 1. The predicted molar refractivity (Wildman–Crippen MR) is 114 cm³/mol. The van der Waals surface area contributed by atoms with Crippen LogP contribution in [-0.2, 0) is 11.0 Å². The molecule has 0 spiro atoms. The summed E-state index contributed by atoms with van der Waals surface area (Å²) in [7, 11) is 3.68. The van der Waals surface area contributed by atoms with Crippen molar-refractivity contribution in [2.45, 2.75) is 11.2 Å². The van der Waals surface area contributed by atoms with Gasteiger partial charge in [0, 0.05) is 18.8 Å². The highest BCUT2D eigenvalue weighted by Gasteiger charge is 2.30. The number of likely N-dealkylation sites (N-methyl/N-ethyl adjacent to an activating group) is 1. The smallest absolute Gasteiger partial charge is 0.368 e. The summed E-state index contributed by atoms with van der Waals surface area (Å²) in [6.45, 7) is 0.602. The van der Waals surface area contributed by atoms with E-state index < -0.39 is 17.6 Å². The molecule has 0 atom stereocenters. The lowest BCUT2D eigenvalue weighted by atomic mass is 10.2. The van der Waals surface area contributed by atoms with Gasteiger partial charge in [0.25, 0.3) is 0 Å². The van der Waals surface area contributed by atoms with Crippen molar-refractivity contribution in [3.05, 3.63) is 35.4 Å². The molecule has 0 radical (unpaired) electrons. The Morgan fingerprint density at radius 2 is 2.00 bits per heavy atom. The number of hydrogen-bond donors (Lipinski definition) is 2. The largest absolute Gasteiger partial charge is 0.416 e. The normalized spacial score (nSPS) is 11.3. The van der Waals surface area contributed by atoms with Gasteiger partial charge < -0.3 is 20.9 Å². The highest BCUT2D eigenvalue weighted by molar-refractivity contribution is 7.98. The van der Waals surface area contributed by atoms with E-state index in [1.165, 1.54) is 23.9 Å². The molecule has 166 valence electrons. The second-order valence-electron chi connectivity index (χ2n) is 6.75. The Hall–Kier alpha value is -3.04. The number of hydrogen-bond acceptors (Lipinski definition) is 8. The summed E-state index contributed by atoms with van der Waals surface area (Å²) in [5.41, 5.74) is 5.10. The zero-order valence-electron chi connectivity index (χ0n) is 17.2. The molecule has 31 heavy (non-hydrogen) atoms. The van der Waals surface area contributed by atoms with Crippen LogP contribution in [0, 0.1) is 11.3 Å². The number of nitrogens with two attached hydrogens (primary N) is 1. The Kier molecular flexibility index (Phi) is 8.07. The molecule has 2 aromatic rings. The van der Waals surface area contributed by atoms with E-state index in [4.69, 9.17) is 5.73 Å². The summed E-state index contributed by atoms with van der Waals surface area (Å²) in [4.78, 5) is 24.3. The molecule has 0 saturated carbocycles. The Bertz CT molecular complexity index is 976. The van der Waals surface area contributed by atoms with Crippen molar-refractivity contribution in [2.75, 3.05) is 55.9 Å². The van der Waals surface area contributed by atoms with E-state index in [0.717, 1.165) is 12.1 Å². The number of amides is 1. The maximum absolute atomic E-state index is 12.9. The third-order valence-corrected chi connectivity index (χ3v) is 4.79. The predicted octanol–water partition coefficient (Wildman–Crippen LogP) is 2.68. The van der Waals surface area contributed by atoms with Crippen LogP contribution in [0.4, 0.5) is 30.6 Å². The van der Waals surface area contributed by atoms with E-state index in [0.29, 0.717) is 18.1 Å². The number of aromatic nitrogens is 2. The highest BCUT2D eigenvalue weighted by Crippen LogP contribution is 2.31. The summed E-state index contributed by atoms with van der Waals surface area (Å²) in [5.74, 6) is -0.420. The van der Waals surface area contributed by atoms with Crippen molar-refractivity contribution in [3.8, 4) is 6.07 Å². The van der Waals surface area contributed by atoms with E-state index in [1.807, 2.05) is 25.1 Å². The summed E-state index contributed by atoms with van der Waals surface area (Å²) < 4.78 is 38.8. The molecular formula is C19H22F3N7OS. The SMILES string of the molecule is CSc1nc(N)nc(N(CCN(C)C)CC(=O)Nc2cccc(C(F)(F)F)c2)c1C#N. The Morgan fingerprint density at radius 3 is 2.58 bits per heavy atom. The van der Waals surface area contributed by atoms with E-state index in [-0.39, 0.29) is 29.6 Å². The second-order valence-corrected chi connectivity index (χ2v) is 7.55. The monoisotopic (exact) mass is 453 g/mol. The van der Waals surface area contributed by atoms with Gasteiger partial charge in [0.15, 0.2) is 5.82 Å². The van der Waals surface area contributed by atoms with E-state index in [1.54, 1.807) is 11.2 Å². The number of halogens is 3. The molecule has 0 bridgehead atoms. The molecule has 0 fully saturated rings. The minimum Gasteiger partial charge on any atom is -0.368 e. The van der Waals surface area contributed by atoms with E-state index >= 15 is 0 Å². The number of rotatable bonds is 8. The van der Waals surface area contributed by atoms with Gasteiger partial charge in [-0.1, -0.05) is 6.07 Å². The molecule has 0 saturated heterocycles. The van der Waals surface area contributed by atoms with Crippen LogP contribution < -0.4 is 16.0 Å². The Morgan fingerprint density at radius 1 is 1.29 bits per heavy atom. The van der Waals surface area contributed by atoms with Gasteiger partial charge in [-0.15, -0.1) is 11.8 Å². The minimum atomic E-state index is -4.52. The lowest BCUT2D eigenvalue weighted by Crippen LogP contribution is -2.39. The lowest BCUT2D eigenvalue weighted by molar-refractivity contribution is -0.137. The van der Waals surface area contributed by atoms with Gasteiger partial charge in [-0.05, 0) is 38.6 Å². The summed E-state index contributed by atoms with van der Waals surface area (Å²) >= 11 is 1.22. The first-order valence-electron chi connectivity index (χ1n) is 9.03. The topological polar surface area (TPSA) is 111 Å². The molecule has 0 aliphatic carbocycles. The average Bonchev–Trinajstić information content (AvgIpc) is 2.69. The molecular weight excluding hydrogens is 431 g/mol. The fraction of sp³-hybridized carbons (Fsp3) is 0.368. The van der Waals surface area contributed by atoms with Crippen LogP contribution in [0.2, 0.25) is 0 Å². The molecule has 2 rings (SSSR count). The number of nitrogens with zero attached hydrogens (tertiary/aromatic N) is 5. The molecule has 0 unspecified atom stereocenters. The molecule has 3 N–H and O–H groups in total. The van der Waals surface area contributed by atoms with Crippen LogP contribution in [0.25, 0.3) is 0 Å². The number of alkyl halides is 3. The van der Waals surface area contributed by atoms with Crippen molar-refractivity contribution in [1.82, 2.24) is 14.9 Å². The third kappa shape index (κ3) is 6.73. The zero-order valence-corrected chi connectivity index (χ0v) is 18.0. The van der Waals surface area contributed by atoms with E-state index in [2.05, 4.69) is 15.3 Å². The first kappa shape index (κ1) is 24.2. The van der Waals surface area contributed by atoms with Crippen molar-refractivity contribution in [1.29, 1.82) is 5.26 Å². The van der Waals surface area contributed by atoms with Gasteiger partial charge in [0.05, 0.1) is 12.1 Å². The van der Waals surface area contributed by atoms with Crippen LogP contribution in [0.1, 0.15) is 11.1 Å². The number of carbonyl (C=O) groups excluding carboxylic acids is 1. The minimum absolute atomic E-state index is 0.0138. The first-order chi connectivity index (χ1) is 14.5. The van der Waals surface area contributed by atoms with Gasteiger partial charge >= 0.3 is 6.18 Å². The zero-order chi connectivity index (χ0) is 23.2. The van der Waals surface area contributed by atoms with Crippen LogP contribution in [-0.4, -0.2) is 60.8 Å². The highest BCUT2D eigenvalue weighted by atomic mass is 32.2. The Balaban J connectivity index is 2.31. The molecule has 8 nitrogen and oxygen atoms in total. The molecule has 12 heteroatoms. The summed E-state index contributed by atoms with van der Waals surface area (Å²) in [6.07, 6.45) is -2.79. The number of nitrogens with one attached hydrogen (secondary N) is 1. The van der Waals surface area contributed by atoms with Crippen LogP contribution in [0.5, 0.6) is 0 Å². The first-order valence-corrected chi connectivity index (χ1v) is 10.3. The number of anilines is 3. The van der Waals surface area contributed by atoms with Gasteiger partial charge in [-0.3, -0.25) is 4.79 Å². The third-order valence-electron chi connectivity index (χ3n) is 4.10. The fourth-order valence-electron chi connectivity index (χ4n) is 2.65. The maximum Gasteiger partial charge on any atom is 0.416 e. The average molecular weight is 453 g/mol. The van der Waals surface area contributed by atoms with Gasteiger partial charge in [-0.2, -0.15) is 23.4 Å². The quantitative estimate of drug-likeness (QED) is 0.464. The molecule has 0 aliphatic heterocycles. The van der Waals surface area contributed by atoms with Crippen LogP contribution in [0.15, 0.2) is 29.3 Å². The van der Waals surface area contributed by atoms with Crippen LogP contribution >= 0.6 is 11.8 Å². The molecule has 1 aromatic carbocycles. The fourth-order valence-corrected chi connectivity index (χ4v) is 3.17. The second kappa shape index (κ2) is 10.3. The lowest BCUT2D eigenvalue weighted by Gasteiger charge is -2.26. The van der Waals surface area contributed by atoms with Crippen molar-refractivity contribution in [3.63, 3.8) is 0 Å². The van der Waals surface area contributed by atoms with Crippen LogP contribution in [0.3, 0.4) is 0 Å². The summed E-state index contributed by atoms with van der Waals surface area (Å²) in [6, 6.07) is 6.41. The Labute approximate surface area is 182 Å².